The van der Waals surface area contributed by atoms with E-state index in [-0.39, 0.29) is 0 Å². The van der Waals surface area contributed by atoms with E-state index in [0.29, 0.717) is 0 Å². The maximum atomic E-state index is 5.12. The van der Waals surface area contributed by atoms with E-state index in [1.807, 2.05) is 23.5 Å². The molecule has 0 aliphatic heterocycles. The summed E-state index contributed by atoms with van der Waals surface area (Å²) in [7, 11) is 0. The van der Waals surface area contributed by atoms with Crippen molar-refractivity contribution in [3.05, 3.63) is 0 Å². The number of rotatable bonds is 10. The lowest BCUT2D eigenvalue weighted by Crippen LogP contribution is -2.20. The van der Waals surface area contributed by atoms with Gasteiger partial charge in [-0.2, -0.15) is 0 Å². The minimum Gasteiger partial charge on any atom is -0.271 e. The first kappa shape index (κ1) is 14.2. The standard InChI is InChI=1S/C5H16N4S4/c6-8-1-10-3-12-5-13-4-11-2-9-7/h8-9H,1-7H2. The zero-order valence-electron chi connectivity index (χ0n) is 7.32. The number of hydrogen-bond acceptors (Lipinski definition) is 8. The molecule has 0 aromatic carbocycles. The highest BCUT2D eigenvalue weighted by Gasteiger charge is 1.90. The number of hydrogen-bond donors (Lipinski definition) is 4. The van der Waals surface area contributed by atoms with E-state index in [1.54, 1.807) is 23.5 Å². The summed E-state index contributed by atoms with van der Waals surface area (Å²) in [6, 6.07) is 0. The first-order valence-electron chi connectivity index (χ1n) is 3.59. The normalized spacial score (nSPS) is 10.6. The quantitative estimate of drug-likeness (QED) is 0.197. The Labute approximate surface area is 96.4 Å². The lowest BCUT2D eigenvalue weighted by molar-refractivity contribution is 0.872. The first-order valence-corrected chi connectivity index (χ1v) is 8.21. The summed E-state index contributed by atoms with van der Waals surface area (Å²) in [4.78, 5) is 0. The van der Waals surface area contributed by atoms with Crippen molar-refractivity contribution in [1.82, 2.24) is 10.9 Å². The fourth-order valence-electron chi connectivity index (χ4n) is 0.446. The summed E-state index contributed by atoms with van der Waals surface area (Å²) in [5, 5.41) is 3.32. The molecule has 0 radical (unpaired) electrons. The van der Waals surface area contributed by atoms with Crippen LogP contribution in [0.3, 0.4) is 0 Å². The highest BCUT2D eigenvalue weighted by atomic mass is 32.2. The van der Waals surface area contributed by atoms with E-state index in [0.717, 1.165) is 27.0 Å². The van der Waals surface area contributed by atoms with Crippen LogP contribution in [0.5, 0.6) is 0 Å². The fraction of sp³-hybridized carbons (Fsp3) is 1.00. The van der Waals surface area contributed by atoms with Gasteiger partial charge in [0.2, 0.25) is 0 Å². The monoisotopic (exact) mass is 260 g/mol. The van der Waals surface area contributed by atoms with Gasteiger partial charge in [0.25, 0.3) is 0 Å². The van der Waals surface area contributed by atoms with Gasteiger partial charge in [0.1, 0.15) is 0 Å². The van der Waals surface area contributed by atoms with Crippen LogP contribution in [0.1, 0.15) is 0 Å². The molecule has 0 atom stereocenters. The molecule has 0 aromatic rings. The average Bonchev–Trinajstić information content (AvgIpc) is 2.16. The van der Waals surface area contributed by atoms with Crippen LogP contribution in [0.25, 0.3) is 0 Å². The maximum absolute atomic E-state index is 5.12. The summed E-state index contributed by atoms with van der Waals surface area (Å²) in [5.74, 6) is 11.9. The molecule has 0 bridgehead atoms. The zero-order valence-corrected chi connectivity index (χ0v) is 10.6. The van der Waals surface area contributed by atoms with Crippen LogP contribution in [-0.4, -0.2) is 27.0 Å². The molecule has 0 saturated carbocycles. The van der Waals surface area contributed by atoms with Crippen molar-refractivity contribution >= 4 is 47.0 Å². The summed E-state index contributed by atoms with van der Waals surface area (Å²) in [6.45, 7) is 0. The molecule has 6 N–H and O–H groups in total. The Morgan fingerprint density at radius 3 is 1.46 bits per heavy atom. The Morgan fingerprint density at radius 1 is 0.692 bits per heavy atom. The number of nitrogens with two attached hydrogens (primary N) is 2. The molecule has 0 heterocycles. The highest BCUT2D eigenvalue weighted by Crippen LogP contribution is 2.19. The Balaban J connectivity index is 2.76. The van der Waals surface area contributed by atoms with Gasteiger partial charge in [-0.15, -0.1) is 47.0 Å². The van der Waals surface area contributed by atoms with Crippen LogP contribution < -0.4 is 22.5 Å². The molecule has 0 rings (SSSR count). The van der Waals surface area contributed by atoms with Crippen LogP contribution in [0.4, 0.5) is 0 Å². The van der Waals surface area contributed by atoms with Gasteiger partial charge in [-0.1, -0.05) is 0 Å². The van der Waals surface area contributed by atoms with Crippen LogP contribution >= 0.6 is 47.0 Å². The van der Waals surface area contributed by atoms with Crippen molar-refractivity contribution in [3.63, 3.8) is 0 Å². The predicted molar refractivity (Wildman–Crippen MR) is 69.3 cm³/mol. The van der Waals surface area contributed by atoms with E-state index < -0.39 is 0 Å². The third-order valence-corrected chi connectivity index (χ3v) is 5.61. The summed E-state index contributed by atoms with van der Waals surface area (Å²) in [5.41, 5.74) is 5.21. The van der Waals surface area contributed by atoms with Gasteiger partial charge in [0, 0.05) is 15.3 Å². The molecule has 0 aliphatic carbocycles. The van der Waals surface area contributed by atoms with E-state index in [1.165, 1.54) is 0 Å². The van der Waals surface area contributed by atoms with E-state index in [9.17, 15) is 0 Å². The molecule has 0 fully saturated rings. The summed E-state index contributed by atoms with van der Waals surface area (Å²) in [6.07, 6.45) is 0. The van der Waals surface area contributed by atoms with Crippen molar-refractivity contribution < 1.29 is 0 Å². The number of hydrazine groups is 2. The molecule has 0 saturated heterocycles. The summed E-state index contributed by atoms with van der Waals surface area (Å²) < 4.78 is 0. The van der Waals surface area contributed by atoms with Crippen LogP contribution in [-0.2, 0) is 0 Å². The second kappa shape index (κ2) is 13.2. The lowest BCUT2D eigenvalue weighted by Gasteiger charge is -2.01. The van der Waals surface area contributed by atoms with Gasteiger partial charge in [0.15, 0.2) is 0 Å². The van der Waals surface area contributed by atoms with Crippen molar-refractivity contribution in [2.24, 2.45) is 11.7 Å². The van der Waals surface area contributed by atoms with Gasteiger partial charge in [-0.25, -0.2) is 0 Å². The molecule has 0 spiro atoms. The van der Waals surface area contributed by atoms with Gasteiger partial charge in [-0.3, -0.25) is 22.5 Å². The fourth-order valence-corrected chi connectivity index (χ4v) is 4.53. The van der Waals surface area contributed by atoms with E-state index in [4.69, 9.17) is 11.7 Å². The molecular formula is C5H16N4S4. The van der Waals surface area contributed by atoms with Crippen LogP contribution in [0, 0.1) is 0 Å². The Bertz CT molecular complexity index is 86.6. The smallest absolute Gasteiger partial charge is 0.0562 e. The Hall–Kier alpha value is 1.24. The number of thioether (sulfide) groups is 4. The molecule has 0 unspecified atom stereocenters. The molecule has 4 nitrogen and oxygen atoms in total. The molecule has 0 aliphatic rings. The van der Waals surface area contributed by atoms with Crippen molar-refractivity contribution in [2.75, 3.05) is 27.0 Å². The van der Waals surface area contributed by atoms with Crippen molar-refractivity contribution in [2.45, 2.75) is 0 Å². The third-order valence-electron chi connectivity index (χ3n) is 0.871. The van der Waals surface area contributed by atoms with E-state index in [2.05, 4.69) is 10.9 Å². The van der Waals surface area contributed by atoms with Gasteiger partial charge >= 0.3 is 0 Å². The molecule has 80 valence electrons. The second-order valence-corrected chi connectivity index (χ2v) is 6.91. The van der Waals surface area contributed by atoms with Gasteiger partial charge in [-0.05, 0) is 0 Å². The molecule has 0 amide bonds. The predicted octanol–water partition coefficient (Wildman–Crippen LogP) is 0.633. The summed E-state index contributed by atoms with van der Waals surface area (Å²) >= 11 is 7.43. The second-order valence-electron chi connectivity index (χ2n) is 1.87. The van der Waals surface area contributed by atoms with Crippen LogP contribution in [0.2, 0.25) is 0 Å². The lowest BCUT2D eigenvalue weighted by atomic mass is 11.5. The van der Waals surface area contributed by atoms with Crippen molar-refractivity contribution in [3.8, 4) is 0 Å². The van der Waals surface area contributed by atoms with Gasteiger partial charge in [0.05, 0.1) is 11.8 Å². The SMILES string of the molecule is NNCSCSCSCSCNN. The molecule has 13 heavy (non-hydrogen) atoms. The Morgan fingerprint density at radius 2 is 1.08 bits per heavy atom. The Kier molecular flexibility index (Phi) is 14.5. The topological polar surface area (TPSA) is 76.1 Å². The molecule has 0 aromatic heterocycles. The number of nitrogens with one attached hydrogen (secondary N) is 2. The van der Waals surface area contributed by atoms with Gasteiger partial charge < -0.3 is 0 Å². The first-order chi connectivity index (χ1) is 6.41. The third kappa shape index (κ3) is 13.2. The molecular weight excluding hydrogens is 244 g/mol. The van der Waals surface area contributed by atoms with E-state index >= 15 is 0 Å². The highest BCUT2D eigenvalue weighted by molar-refractivity contribution is 8.26. The van der Waals surface area contributed by atoms with Crippen molar-refractivity contribution in [1.29, 1.82) is 0 Å². The average molecular weight is 260 g/mol. The van der Waals surface area contributed by atoms with Crippen LogP contribution in [0.15, 0.2) is 0 Å². The largest absolute Gasteiger partial charge is 0.271 e. The zero-order chi connectivity index (χ0) is 9.78. The molecule has 8 heteroatoms. The maximum Gasteiger partial charge on any atom is 0.0562 e. The minimum atomic E-state index is 0.823. The minimum absolute atomic E-state index is 0.823.